The highest BCUT2D eigenvalue weighted by Crippen LogP contribution is 2.24. The van der Waals surface area contributed by atoms with Crippen molar-refractivity contribution in [2.45, 2.75) is 32.4 Å². The molecule has 1 N–H and O–H groups in total. The van der Waals surface area contributed by atoms with E-state index in [-0.39, 0.29) is 11.9 Å². The van der Waals surface area contributed by atoms with E-state index in [4.69, 9.17) is 0 Å². The van der Waals surface area contributed by atoms with Gasteiger partial charge in [-0.15, -0.1) is 0 Å². The number of carbonyl (C=O) groups is 1. The Bertz CT molecular complexity index is 664. The molecular weight excluding hydrogens is 276 g/mol. The number of benzene rings is 1. The minimum absolute atomic E-state index is 0.215. The topological polar surface area (TPSA) is 50.2 Å². The Kier molecular flexibility index (Phi) is 4.24. The Balaban J connectivity index is 1.68. The molecule has 5 heteroatoms. The average Bonchev–Trinajstić information content (AvgIpc) is 3.13. The molecule has 0 spiro atoms. The molecule has 2 heterocycles. The molecule has 0 radical (unpaired) electrons. The Morgan fingerprint density at radius 1 is 1.41 bits per heavy atom. The van der Waals surface area contributed by atoms with E-state index in [0.717, 1.165) is 30.9 Å². The molecule has 0 aliphatic carbocycles. The van der Waals surface area contributed by atoms with Crippen molar-refractivity contribution in [2.24, 2.45) is 7.05 Å². The Labute approximate surface area is 131 Å². The molecule has 1 saturated heterocycles. The Morgan fingerprint density at radius 3 is 2.95 bits per heavy atom. The molecule has 116 valence electrons. The van der Waals surface area contributed by atoms with Gasteiger partial charge in [0.05, 0.1) is 12.0 Å². The molecule has 5 nitrogen and oxygen atoms in total. The van der Waals surface area contributed by atoms with Crippen molar-refractivity contribution in [1.29, 1.82) is 0 Å². The van der Waals surface area contributed by atoms with Crippen LogP contribution >= 0.6 is 0 Å². The third-order valence-corrected chi connectivity index (χ3v) is 4.26. The van der Waals surface area contributed by atoms with Crippen LogP contribution in [0.5, 0.6) is 0 Å². The summed E-state index contributed by atoms with van der Waals surface area (Å²) in [6.45, 7) is 3.74. The minimum Gasteiger partial charge on any atom is -0.337 e. The molecule has 0 saturated carbocycles. The second kappa shape index (κ2) is 6.32. The highest BCUT2D eigenvalue weighted by atomic mass is 16.2. The first-order valence-electron chi connectivity index (χ1n) is 7.74. The van der Waals surface area contributed by atoms with Gasteiger partial charge in [0.2, 0.25) is 5.91 Å². The van der Waals surface area contributed by atoms with E-state index in [9.17, 15) is 4.79 Å². The SMILES string of the molecule is C[C@@H](NCc1cncn1C)c1cccc(N2CCCC2=O)c1. The van der Waals surface area contributed by atoms with Crippen LogP contribution in [0, 0.1) is 0 Å². The molecule has 1 aliphatic heterocycles. The fraction of sp³-hybridized carbons (Fsp3) is 0.412. The van der Waals surface area contributed by atoms with Crippen molar-refractivity contribution < 1.29 is 4.79 Å². The van der Waals surface area contributed by atoms with Crippen LogP contribution in [0.1, 0.15) is 37.1 Å². The van der Waals surface area contributed by atoms with E-state index < -0.39 is 0 Å². The van der Waals surface area contributed by atoms with E-state index in [1.54, 1.807) is 6.33 Å². The molecule has 1 aromatic heterocycles. The average molecular weight is 298 g/mol. The van der Waals surface area contributed by atoms with Crippen molar-refractivity contribution in [2.75, 3.05) is 11.4 Å². The highest BCUT2D eigenvalue weighted by Gasteiger charge is 2.22. The normalized spacial score (nSPS) is 16.3. The summed E-state index contributed by atoms with van der Waals surface area (Å²) >= 11 is 0. The van der Waals surface area contributed by atoms with Gasteiger partial charge in [-0.25, -0.2) is 4.98 Å². The van der Waals surface area contributed by atoms with Crippen LogP contribution in [0.3, 0.4) is 0 Å². The number of nitrogens with zero attached hydrogens (tertiary/aromatic N) is 3. The lowest BCUT2D eigenvalue weighted by molar-refractivity contribution is -0.117. The first-order valence-corrected chi connectivity index (χ1v) is 7.74. The summed E-state index contributed by atoms with van der Waals surface area (Å²) in [5, 5.41) is 3.51. The first kappa shape index (κ1) is 14.8. The molecular formula is C17H22N4O. The predicted molar refractivity (Wildman–Crippen MR) is 86.5 cm³/mol. The summed E-state index contributed by atoms with van der Waals surface area (Å²) in [7, 11) is 1.99. The lowest BCUT2D eigenvalue weighted by atomic mass is 10.1. The van der Waals surface area contributed by atoms with Gasteiger partial charge in [-0.3, -0.25) is 4.79 Å². The van der Waals surface area contributed by atoms with Gasteiger partial charge in [0.15, 0.2) is 0 Å². The number of imidazole rings is 1. The van der Waals surface area contributed by atoms with Crippen molar-refractivity contribution in [1.82, 2.24) is 14.9 Å². The third kappa shape index (κ3) is 3.04. The van der Waals surface area contributed by atoms with Crippen molar-refractivity contribution in [3.63, 3.8) is 0 Å². The van der Waals surface area contributed by atoms with Gasteiger partial charge in [0.25, 0.3) is 0 Å². The molecule has 1 aliphatic rings. The number of aryl methyl sites for hydroxylation is 1. The van der Waals surface area contributed by atoms with Crippen LogP contribution in [0.2, 0.25) is 0 Å². The van der Waals surface area contributed by atoms with E-state index in [1.165, 1.54) is 5.56 Å². The summed E-state index contributed by atoms with van der Waals surface area (Å²) in [4.78, 5) is 17.9. The zero-order valence-corrected chi connectivity index (χ0v) is 13.1. The molecule has 1 amide bonds. The number of hydrogen-bond acceptors (Lipinski definition) is 3. The number of hydrogen-bond donors (Lipinski definition) is 1. The zero-order valence-electron chi connectivity index (χ0n) is 13.1. The lowest BCUT2D eigenvalue weighted by Gasteiger charge is -2.19. The van der Waals surface area contributed by atoms with E-state index in [2.05, 4.69) is 29.4 Å². The van der Waals surface area contributed by atoms with Crippen LogP contribution in [0.4, 0.5) is 5.69 Å². The molecule has 2 aromatic rings. The van der Waals surface area contributed by atoms with Crippen LogP contribution < -0.4 is 10.2 Å². The smallest absolute Gasteiger partial charge is 0.227 e. The number of nitrogens with one attached hydrogen (secondary N) is 1. The van der Waals surface area contributed by atoms with Gasteiger partial charge in [-0.05, 0) is 31.0 Å². The zero-order chi connectivity index (χ0) is 15.5. The molecule has 22 heavy (non-hydrogen) atoms. The second-order valence-corrected chi connectivity index (χ2v) is 5.84. The van der Waals surface area contributed by atoms with Crippen molar-refractivity contribution in [3.8, 4) is 0 Å². The van der Waals surface area contributed by atoms with E-state index >= 15 is 0 Å². The highest BCUT2D eigenvalue weighted by molar-refractivity contribution is 5.95. The third-order valence-electron chi connectivity index (χ3n) is 4.26. The fourth-order valence-electron chi connectivity index (χ4n) is 2.81. The van der Waals surface area contributed by atoms with Gasteiger partial charge in [0.1, 0.15) is 0 Å². The molecule has 3 rings (SSSR count). The summed E-state index contributed by atoms with van der Waals surface area (Å²) in [5.41, 5.74) is 3.35. The van der Waals surface area contributed by atoms with Crippen molar-refractivity contribution in [3.05, 3.63) is 48.0 Å². The van der Waals surface area contributed by atoms with E-state index in [1.807, 2.05) is 34.8 Å². The standard InChI is InChI=1S/C17H22N4O/c1-13(19-11-16-10-18-12-20(16)2)14-5-3-6-15(9-14)21-8-4-7-17(21)22/h3,5-6,9-10,12-13,19H,4,7-8,11H2,1-2H3/t13-/m1/s1. The monoisotopic (exact) mass is 298 g/mol. The quantitative estimate of drug-likeness (QED) is 0.922. The molecule has 1 fully saturated rings. The molecule has 0 bridgehead atoms. The molecule has 1 aromatic carbocycles. The summed E-state index contributed by atoms with van der Waals surface area (Å²) < 4.78 is 2.01. The van der Waals surface area contributed by atoms with Crippen LogP contribution in [0.15, 0.2) is 36.8 Å². The number of aromatic nitrogens is 2. The second-order valence-electron chi connectivity index (χ2n) is 5.84. The van der Waals surface area contributed by atoms with Gasteiger partial charge < -0.3 is 14.8 Å². The number of rotatable bonds is 5. The van der Waals surface area contributed by atoms with Crippen molar-refractivity contribution >= 4 is 11.6 Å². The Morgan fingerprint density at radius 2 is 2.27 bits per heavy atom. The van der Waals surface area contributed by atoms with Gasteiger partial charge in [-0.2, -0.15) is 0 Å². The van der Waals surface area contributed by atoms with E-state index in [0.29, 0.717) is 6.42 Å². The van der Waals surface area contributed by atoms with Crippen LogP contribution in [0.25, 0.3) is 0 Å². The number of amides is 1. The number of carbonyl (C=O) groups excluding carboxylic acids is 1. The van der Waals surface area contributed by atoms with Crippen LogP contribution in [-0.2, 0) is 18.4 Å². The minimum atomic E-state index is 0.215. The largest absolute Gasteiger partial charge is 0.337 e. The molecule has 1 atom stereocenters. The predicted octanol–water partition coefficient (Wildman–Crippen LogP) is 2.40. The maximum Gasteiger partial charge on any atom is 0.227 e. The summed E-state index contributed by atoms with van der Waals surface area (Å²) in [6, 6.07) is 8.47. The number of anilines is 1. The fourth-order valence-corrected chi connectivity index (χ4v) is 2.81. The summed E-state index contributed by atoms with van der Waals surface area (Å²) in [6.07, 6.45) is 5.30. The summed E-state index contributed by atoms with van der Waals surface area (Å²) in [5.74, 6) is 0.229. The molecule has 0 unspecified atom stereocenters. The first-order chi connectivity index (χ1) is 10.6. The van der Waals surface area contributed by atoms with Gasteiger partial charge in [-0.1, -0.05) is 12.1 Å². The maximum absolute atomic E-state index is 11.9. The van der Waals surface area contributed by atoms with Crippen LogP contribution in [-0.4, -0.2) is 22.0 Å². The maximum atomic E-state index is 11.9. The van der Waals surface area contributed by atoms with Gasteiger partial charge in [0, 0.05) is 44.5 Å². The van der Waals surface area contributed by atoms with Gasteiger partial charge >= 0.3 is 0 Å². The lowest BCUT2D eigenvalue weighted by Crippen LogP contribution is -2.24. The Hall–Kier alpha value is -2.14.